The van der Waals surface area contributed by atoms with Crippen LogP contribution < -0.4 is 10.2 Å². The van der Waals surface area contributed by atoms with E-state index in [-0.39, 0.29) is 35.7 Å². The number of fused-ring (bicyclic) bond motifs is 7. The predicted octanol–water partition coefficient (Wildman–Crippen LogP) is 6.95. The average Bonchev–Trinajstić information content (AvgIpc) is 4.04. The molecule has 338 valence electrons. The molecule has 1 aromatic carbocycles. The first-order valence-corrected chi connectivity index (χ1v) is 24.9. The lowest BCUT2D eigenvalue weighted by atomic mass is 9.86. The molecule has 4 aliphatic heterocycles. The van der Waals surface area contributed by atoms with Gasteiger partial charge >= 0.3 is 0 Å². The number of piperidine rings is 1. The Labute approximate surface area is 387 Å². The van der Waals surface area contributed by atoms with E-state index < -0.39 is 0 Å². The second-order valence-corrected chi connectivity index (χ2v) is 20.9. The largest absolute Gasteiger partial charge is 0.377 e. The summed E-state index contributed by atoms with van der Waals surface area (Å²) in [4.78, 5) is 62.1. The third-order valence-electron chi connectivity index (χ3n) is 14.2. The third kappa shape index (κ3) is 8.50. The lowest BCUT2D eigenvalue weighted by molar-refractivity contribution is -0.144. The zero-order chi connectivity index (χ0) is 44.1. The maximum Gasteiger partial charge on any atom is 0.226 e. The number of hydrogen-bond acceptors (Lipinski definition) is 14. The zero-order valence-electron chi connectivity index (χ0n) is 37.1. The van der Waals surface area contributed by atoms with Crippen molar-refractivity contribution in [1.82, 2.24) is 34.6 Å². The number of carbonyl (C=O) groups is 2. The first-order chi connectivity index (χ1) is 31.1. The van der Waals surface area contributed by atoms with Crippen molar-refractivity contribution in [2.45, 2.75) is 89.9 Å². The highest BCUT2D eigenvalue weighted by Gasteiger charge is 2.36. The standard InChI is InChI=1S/C31H39N7O2S.C16H18ClN3O2S/c1-19-17-40-11-10-38(19)31(39)20-4-5-24-27(14-20)41-30-28(24)29(33-18-34-30)35-25-12-21-15-32-16-22(21)13-26(25)37-8-6-23(7-9-37)36(2)3;1-9-7-22-5-4-20(9)16(21)10-2-3-11-12(6-10)23-15-13(11)14(17)18-8-19-15/h12-13,15,18-20,23H,4-11,14,16-17H2,1-3H3,(H,33,34,35);8-10H,2-7H2,1H3/t19-,20-;9-,10-/m00/s1. The molecule has 6 aliphatic rings. The van der Waals surface area contributed by atoms with Crippen LogP contribution in [0.3, 0.4) is 0 Å². The molecule has 8 heterocycles. The fourth-order valence-electron chi connectivity index (χ4n) is 10.5. The molecular weight excluding hydrogens is 868 g/mol. The molecule has 17 heteroatoms. The van der Waals surface area contributed by atoms with E-state index in [1.54, 1.807) is 29.0 Å². The quantitative estimate of drug-likeness (QED) is 0.177. The number of ether oxygens (including phenoxy) is 2. The summed E-state index contributed by atoms with van der Waals surface area (Å²) in [5.41, 5.74) is 7.32. The van der Waals surface area contributed by atoms with Gasteiger partial charge in [0.15, 0.2) is 0 Å². The number of aromatic nitrogens is 4. The fraction of sp³-hybridized carbons (Fsp3) is 0.553. The summed E-state index contributed by atoms with van der Waals surface area (Å²) < 4.78 is 11.0. The van der Waals surface area contributed by atoms with Crippen molar-refractivity contribution in [3.8, 4) is 0 Å². The molecule has 1 N–H and O–H groups in total. The van der Waals surface area contributed by atoms with Gasteiger partial charge in [0.1, 0.15) is 33.3 Å². The summed E-state index contributed by atoms with van der Waals surface area (Å²) in [5, 5.41) is 6.39. The summed E-state index contributed by atoms with van der Waals surface area (Å²) in [6.45, 7) is 10.9. The molecule has 0 radical (unpaired) electrons. The minimum Gasteiger partial charge on any atom is -0.377 e. The van der Waals surface area contributed by atoms with Crippen molar-refractivity contribution in [3.05, 3.63) is 61.9 Å². The Morgan fingerprint density at radius 3 is 1.98 bits per heavy atom. The molecule has 0 bridgehead atoms. The molecule has 4 atom stereocenters. The Morgan fingerprint density at radius 1 is 0.781 bits per heavy atom. The second-order valence-electron chi connectivity index (χ2n) is 18.4. The topological polar surface area (TPSA) is 142 Å². The van der Waals surface area contributed by atoms with Crippen LogP contribution in [-0.2, 0) is 51.3 Å². The summed E-state index contributed by atoms with van der Waals surface area (Å²) in [5.74, 6) is 1.48. The van der Waals surface area contributed by atoms with Crippen LogP contribution in [0.15, 0.2) is 29.8 Å². The van der Waals surface area contributed by atoms with Crippen molar-refractivity contribution in [1.29, 1.82) is 0 Å². The number of hydrogen-bond donors (Lipinski definition) is 1. The molecule has 0 unspecified atom stereocenters. The molecule has 3 saturated heterocycles. The maximum absolute atomic E-state index is 13.5. The number of rotatable bonds is 6. The van der Waals surface area contributed by atoms with Crippen LogP contribution in [0.2, 0.25) is 5.15 Å². The van der Waals surface area contributed by atoms with Gasteiger partial charge in [0.2, 0.25) is 11.8 Å². The number of morpholine rings is 2. The molecule has 3 fully saturated rings. The number of anilines is 3. The summed E-state index contributed by atoms with van der Waals surface area (Å²) >= 11 is 9.62. The number of aliphatic imine (C=N–C) groups is 1. The van der Waals surface area contributed by atoms with Gasteiger partial charge in [-0.2, -0.15) is 0 Å². The second kappa shape index (κ2) is 18.5. The van der Waals surface area contributed by atoms with E-state index in [2.05, 4.69) is 75.1 Å². The van der Waals surface area contributed by atoms with E-state index in [0.717, 1.165) is 103 Å². The number of carbonyl (C=O) groups excluding carboxylic acids is 2. The van der Waals surface area contributed by atoms with Gasteiger partial charge in [0, 0.05) is 60.0 Å². The van der Waals surface area contributed by atoms with Gasteiger partial charge < -0.3 is 34.4 Å². The highest BCUT2D eigenvalue weighted by molar-refractivity contribution is 7.19. The van der Waals surface area contributed by atoms with Crippen molar-refractivity contribution >= 4 is 89.9 Å². The van der Waals surface area contributed by atoms with Gasteiger partial charge in [-0.3, -0.25) is 14.6 Å². The molecule has 11 rings (SSSR count). The molecular formula is C47H57ClN10O4S2. The molecule has 4 aromatic heterocycles. The van der Waals surface area contributed by atoms with E-state index in [4.69, 9.17) is 26.1 Å². The number of halogens is 1. The molecule has 2 aliphatic carbocycles. The van der Waals surface area contributed by atoms with Gasteiger partial charge in [-0.15, -0.1) is 22.7 Å². The summed E-state index contributed by atoms with van der Waals surface area (Å²) in [6.07, 6.45) is 12.5. The average molecular weight is 926 g/mol. The molecule has 0 saturated carbocycles. The Morgan fingerprint density at radius 2 is 1.38 bits per heavy atom. The normalized spacial score (nSPS) is 23.5. The van der Waals surface area contributed by atoms with Crippen molar-refractivity contribution in [2.24, 2.45) is 16.8 Å². The van der Waals surface area contributed by atoms with E-state index in [1.807, 2.05) is 16.0 Å². The molecule has 2 amide bonds. The lowest BCUT2D eigenvalue weighted by Crippen LogP contribution is -2.50. The first kappa shape index (κ1) is 43.6. The predicted molar refractivity (Wildman–Crippen MR) is 255 cm³/mol. The Bertz CT molecular complexity index is 2590. The van der Waals surface area contributed by atoms with E-state index >= 15 is 0 Å². The lowest BCUT2D eigenvalue weighted by Gasteiger charge is -2.37. The van der Waals surface area contributed by atoms with Gasteiger partial charge in [0.05, 0.1) is 67.2 Å². The Balaban J connectivity index is 0.000000178. The van der Waals surface area contributed by atoms with Gasteiger partial charge in [0.25, 0.3) is 0 Å². The van der Waals surface area contributed by atoms with Crippen molar-refractivity contribution < 1.29 is 19.1 Å². The smallest absolute Gasteiger partial charge is 0.226 e. The Hall–Kier alpha value is -4.32. The van der Waals surface area contributed by atoms with Crippen LogP contribution in [-0.4, -0.2) is 137 Å². The van der Waals surface area contributed by atoms with Crippen LogP contribution in [0, 0.1) is 11.8 Å². The van der Waals surface area contributed by atoms with Crippen molar-refractivity contribution in [2.75, 3.05) is 76.9 Å². The highest BCUT2D eigenvalue weighted by atomic mass is 35.5. The van der Waals surface area contributed by atoms with Crippen LogP contribution in [0.25, 0.3) is 20.4 Å². The molecule has 0 spiro atoms. The third-order valence-corrected chi connectivity index (χ3v) is 16.8. The number of thiophene rings is 2. The SMILES string of the molecule is C[C@H]1COCCN1C(=O)[C@H]1CCc2c(sc3ncnc(Cl)c23)C1.C[C@H]1COCCN1C(=O)[C@H]1CCc2c(sc3ncnc(Nc4cc5c(cc4N4CCC(N(C)C)CC4)CN=C5)c23)C1. The molecule has 64 heavy (non-hydrogen) atoms. The van der Waals surface area contributed by atoms with Crippen LogP contribution in [0.1, 0.15) is 71.5 Å². The van der Waals surface area contributed by atoms with E-state index in [0.29, 0.717) is 50.7 Å². The van der Waals surface area contributed by atoms with Gasteiger partial charge in [-0.05, 0) is 114 Å². The van der Waals surface area contributed by atoms with Crippen LogP contribution >= 0.6 is 34.3 Å². The number of aryl methyl sites for hydroxylation is 2. The monoisotopic (exact) mass is 924 g/mol. The van der Waals surface area contributed by atoms with Gasteiger partial charge in [-0.1, -0.05) is 11.6 Å². The minimum absolute atomic E-state index is 0.0215. The number of benzene rings is 1. The number of nitrogens with zero attached hydrogens (tertiary/aromatic N) is 9. The van der Waals surface area contributed by atoms with Crippen molar-refractivity contribution in [3.63, 3.8) is 0 Å². The zero-order valence-corrected chi connectivity index (χ0v) is 39.5. The Kier molecular flexibility index (Phi) is 12.6. The van der Waals surface area contributed by atoms with E-state index in [9.17, 15) is 9.59 Å². The van der Waals surface area contributed by atoms with Crippen LogP contribution in [0.5, 0.6) is 0 Å². The fourth-order valence-corrected chi connectivity index (χ4v) is 13.4. The summed E-state index contributed by atoms with van der Waals surface area (Å²) in [7, 11) is 4.37. The van der Waals surface area contributed by atoms with Gasteiger partial charge in [-0.25, -0.2) is 19.9 Å². The molecule has 14 nitrogen and oxygen atoms in total. The van der Waals surface area contributed by atoms with E-state index in [1.165, 1.54) is 44.0 Å². The minimum atomic E-state index is 0.0215. The van der Waals surface area contributed by atoms with Crippen LogP contribution in [0.4, 0.5) is 17.2 Å². The number of amides is 2. The highest BCUT2D eigenvalue weighted by Crippen LogP contribution is 2.43. The maximum atomic E-state index is 13.5. The molecule has 5 aromatic rings. The first-order valence-electron chi connectivity index (χ1n) is 22.9. The summed E-state index contributed by atoms with van der Waals surface area (Å²) in [6, 6.07) is 5.50. The number of nitrogens with one attached hydrogen (secondary N) is 1.